The predicted molar refractivity (Wildman–Crippen MR) is 131 cm³/mol. The molecule has 0 saturated carbocycles. The van der Waals surface area contributed by atoms with E-state index in [-0.39, 0.29) is 5.78 Å². The van der Waals surface area contributed by atoms with Gasteiger partial charge in [0.05, 0.1) is 19.9 Å². The highest BCUT2D eigenvalue weighted by Crippen LogP contribution is 2.27. The number of carbonyl (C=O) groups is 1. The molecule has 0 spiro atoms. The third kappa shape index (κ3) is 7.29. The Hall–Kier alpha value is -3.45. The van der Waals surface area contributed by atoms with Gasteiger partial charge in [-0.25, -0.2) is 9.97 Å². The van der Waals surface area contributed by atoms with E-state index in [2.05, 4.69) is 15.3 Å². The minimum Gasteiger partial charge on any atom is -0.493 e. The fourth-order valence-electron chi connectivity index (χ4n) is 3.58. The average molecular weight is 449 g/mol. The van der Waals surface area contributed by atoms with Gasteiger partial charge in [-0.2, -0.15) is 0 Å². The van der Waals surface area contributed by atoms with E-state index in [0.29, 0.717) is 43.4 Å². The van der Waals surface area contributed by atoms with Gasteiger partial charge in [0.25, 0.3) is 0 Å². The molecule has 0 bridgehead atoms. The fourth-order valence-corrected chi connectivity index (χ4v) is 3.58. The highest BCUT2D eigenvalue weighted by atomic mass is 16.5. The van der Waals surface area contributed by atoms with Crippen LogP contribution in [0, 0.1) is 0 Å². The Morgan fingerprint density at radius 2 is 1.85 bits per heavy atom. The lowest BCUT2D eigenvalue weighted by Gasteiger charge is -2.10. The lowest BCUT2D eigenvalue weighted by atomic mass is 10.0. The quantitative estimate of drug-likeness (QED) is 0.381. The summed E-state index contributed by atoms with van der Waals surface area (Å²) >= 11 is 0. The summed E-state index contributed by atoms with van der Waals surface area (Å²) in [6, 6.07) is 15.7. The lowest BCUT2D eigenvalue weighted by Crippen LogP contribution is -2.08. The summed E-state index contributed by atoms with van der Waals surface area (Å²) in [5, 5.41) is 3.29. The van der Waals surface area contributed by atoms with Crippen molar-refractivity contribution in [3.05, 3.63) is 65.9 Å². The second-order valence-electron chi connectivity index (χ2n) is 7.79. The average Bonchev–Trinajstić information content (AvgIpc) is 2.84. The van der Waals surface area contributed by atoms with Crippen molar-refractivity contribution in [2.75, 3.05) is 32.6 Å². The minimum atomic E-state index is 0.237. The van der Waals surface area contributed by atoms with Gasteiger partial charge in [0, 0.05) is 31.1 Å². The number of benzene rings is 2. The number of hydrogen-bond donors (Lipinski definition) is 2. The van der Waals surface area contributed by atoms with Crippen LogP contribution in [0.15, 0.2) is 54.7 Å². The van der Waals surface area contributed by atoms with Gasteiger partial charge in [-0.05, 0) is 61.2 Å². The van der Waals surface area contributed by atoms with Gasteiger partial charge in [-0.3, -0.25) is 4.79 Å². The van der Waals surface area contributed by atoms with Crippen molar-refractivity contribution < 1.29 is 14.3 Å². The Labute approximate surface area is 195 Å². The molecule has 0 aliphatic rings. The van der Waals surface area contributed by atoms with Crippen LogP contribution >= 0.6 is 0 Å². The number of Topliss-reactive ketones (excluding diaryl/α,β-unsaturated/α-hetero) is 1. The third-order valence-corrected chi connectivity index (χ3v) is 5.33. The maximum absolute atomic E-state index is 12.2. The second-order valence-corrected chi connectivity index (χ2v) is 7.79. The van der Waals surface area contributed by atoms with E-state index in [9.17, 15) is 4.79 Å². The first-order valence-corrected chi connectivity index (χ1v) is 11.2. The molecule has 0 saturated heterocycles. The molecule has 1 aromatic heterocycles. The van der Waals surface area contributed by atoms with E-state index in [1.807, 2.05) is 48.5 Å². The van der Waals surface area contributed by atoms with E-state index in [1.54, 1.807) is 20.4 Å². The number of methoxy groups -OCH3 is 2. The van der Waals surface area contributed by atoms with Crippen LogP contribution in [0.25, 0.3) is 11.3 Å². The van der Waals surface area contributed by atoms with E-state index >= 15 is 0 Å². The van der Waals surface area contributed by atoms with Crippen LogP contribution in [-0.4, -0.2) is 43.1 Å². The molecule has 0 amide bonds. The smallest absolute Gasteiger partial charge is 0.223 e. The van der Waals surface area contributed by atoms with Gasteiger partial charge in [-0.1, -0.05) is 24.3 Å². The molecule has 7 heteroatoms. The van der Waals surface area contributed by atoms with Crippen molar-refractivity contribution >= 4 is 11.7 Å². The molecular weight excluding hydrogens is 416 g/mol. The van der Waals surface area contributed by atoms with Crippen LogP contribution in [0.2, 0.25) is 0 Å². The Morgan fingerprint density at radius 1 is 1.00 bits per heavy atom. The first kappa shape index (κ1) is 24.2. The lowest BCUT2D eigenvalue weighted by molar-refractivity contribution is -0.118. The van der Waals surface area contributed by atoms with Crippen molar-refractivity contribution in [2.24, 2.45) is 5.73 Å². The molecular formula is C26H32N4O3. The monoisotopic (exact) mass is 448 g/mol. The van der Waals surface area contributed by atoms with Crippen molar-refractivity contribution in [3.8, 4) is 22.8 Å². The summed E-state index contributed by atoms with van der Waals surface area (Å²) in [7, 11) is 3.26. The maximum Gasteiger partial charge on any atom is 0.223 e. The van der Waals surface area contributed by atoms with Crippen molar-refractivity contribution in [1.29, 1.82) is 0 Å². The van der Waals surface area contributed by atoms with Crippen LogP contribution in [0.1, 0.15) is 30.4 Å². The second kappa shape index (κ2) is 12.6. The highest BCUT2D eigenvalue weighted by molar-refractivity contribution is 5.81. The zero-order valence-corrected chi connectivity index (χ0v) is 19.3. The molecule has 0 atom stereocenters. The molecule has 2 aromatic carbocycles. The molecule has 3 aromatic rings. The molecule has 0 fully saturated rings. The minimum absolute atomic E-state index is 0.237. The standard InChI is InChI=1S/C26H32N4O3/c1-32-24-10-9-19(18-25(24)33-2)11-14-28-26-29-15-12-23(30-26)21-7-5-6-20(16-21)17-22(31)8-3-4-13-27/h5-7,9-10,12,15-16,18H,3-4,8,11,13-14,17,27H2,1-2H3,(H,28,29,30). The number of nitrogens with zero attached hydrogens (tertiary/aromatic N) is 2. The number of aromatic nitrogens is 2. The zero-order valence-electron chi connectivity index (χ0n) is 19.3. The SMILES string of the molecule is COc1ccc(CCNc2nccc(-c3cccc(CC(=O)CCCCN)c3)n2)cc1OC. The summed E-state index contributed by atoms with van der Waals surface area (Å²) < 4.78 is 10.7. The summed E-state index contributed by atoms with van der Waals surface area (Å²) in [6.07, 6.45) is 5.26. The number of hydrogen-bond acceptors (Lipinski definition) is 7. The molecule has 1 heterocycles. The van der Waals surface area contributed by atoms with E-state index in [0.717, 1.165) is 41.6 Å². The largest absolute Gasteiger partial charge is 0.493 e. The van der Waals surface area contributed by atoms with E-state index in [1.165, 1.54) is 0 Å². The Kier molecular flexibility index (Phi) is 9.20. The van der Waals surface area contributed by atoms with Crippen LogP contribution in [0.3, 0.4) is 0 Å². The van der Waals surface area contributed by atoms with Gasteiger partial charge >= 0.3 is 0 Å². The number of unbranched alkanes of at least 4 members (excludes halogenated alkanes) is 1. The topological polar surface area (TPSA) is 99.4 Å². The van der Waals surface area contributed by atoms with Crippen LogP contribution < -0.4 is 20.5 Å². The zero-order chi connectivity index (χ0) is 23.5. The molecule has 174 valence electrons. The predicted octanol–water partition coefficient (Wildman–Crippen LogP) is 4.06. The van der Waals surface area contributed by atoms with Gasteiger partial charge in [-0.15, -0.1) is 0 Å². The Bertz CT molecular complexity index is 1060. The number of nitrogens with one attached hydrogen (secondary N) is 1. The Balaban J connectivity index is 1.60. The maximum atomic E-state index is 12.2. The molecule has 0 unspecified atom stereocenters. The third-order valence-electron chi connectivity index (χ3n) is 5.33. The molecule has 3 N–H and O–H groups in total. The fraction of sp³-hybridized carbons (Fsp3) is 0.346. The number of rotatable bonds is 13. The van der Waals surface area contributed by atoms with E-state index in [4.69, 9.17) is 15.2 Å². The van der Waals surface area contributed by atoms with Crippen molar-refractivity contribution in [2.45, 2.75) is 32.1 Å². The van der Waals surface area contributed by atoms with Crippen LogP contribution in [0.5, 0.6) is 11.5 Å². The summed E-state index contributed by atoms with van der Waals surface area (Å²) in [5.41, 5.74) is 9.41. The molecule has 0 radical (unpaired) electrons. The van der Waals surface area contributed by atoms with Gasteiger partial charge in [0.2, 0.25) is 5.95 Å². The number of carbonyl (C=O) groups excluding carboxylic acids is 1. The molecule has 0 aliphatic carbocycles. The summed E-state index contributed by atoms with van der Waals surface area (Å²) in [5.74, 6) is 2.23. The molecule has 33 heavy (non-hydrogen) atoms. The number of ketones is 1. The first-order valence-electron chi connectivity index (χ1n) is 11.2. The van der Waals surface area contributed by atoms with Crippen molar-refractivity contribution in [1.82, 2.24) is 9.97 Å². The van der Waals surface area contributed by atoms with Gasteiger partial charge < -0.3 is 20.5 Å². The first-order chi connectivity index (χ1) is 16.1. The van der Waals surface area contributed by atoms with E-state index < -0.39 is 0 Å². The molecule has 0 aliphatic heterocycles. The van der Waals surface area contributed by atoms with Gasteiger partial charge in [0.15, 0.2) is 11.5 Å². The Morgan fingerprint density at radius 3 is 2.64 bits per heavy atom. The number of anilines is 1. The molecule has 3 rings (SSSR count). The van der Waals surface area contributed by atoms with Gasteiger partial charge in [0.1, 0.15) is 5.78 Å². The van der Waals surface area contributed by atoms with Crippen LogP contribution in [0.4, 0.5) is 5.95 Å². The highest BCUT2D eigenvalue weighted by Gasteiger charge is 2.08. The number of nitrogens with two attached hydrogens (primary N) is 1. The summed E-state index contributed by atoms with van der Waals surface area (Å²) in [4.78, 5) is 21.2. The molecule has 7 nitrogen and oxygen atoms in total. The van der Waals surface area contributed by atoms with Crippen molar-refractivity contribution in [3.63, 3.8) is 0 Å². The number of ether oxygens (including phenoxy) is 2. The summed E-state index contributed by atoms with van der Waals surface area (Å²) in [6.45, 7) is 1.30. The van der Waals surface area contributed by atoms with Crippen LogP contribution in [-0.2, 0) is 17.6 Å². The normalized spacial score (nSPS) is 10.6.